The maximum atomic E-state index is 11.7. The number of hydrogen-bond donors (Lipinski definition) is 0. The van der Waals surface area contributed by atoms with Crippen LogP contribution in [0.15, 0.2) is 16.2 Å². The van der Waals surface area contributed by atoms with E-state index in [1.807, 2.05) is 0 Å². The average molecular weight is 287 g/mol. The highest BCUT2D eigenvalue weighted by molar-refractivity contribution is 5.97. The molecule has 7 nitrogen and oxygen atoms in total. The summed E-state index contributed by atoms with van der Waals surface area (Å²) in [5.41, 5.74) is 1.21. The molecule has 2 amide bonds. The monoisotopic (exact) mass is 287 g/mol. The van der Waals surface area contributed by atoms with Crippen LogP contribution in [0.2, 0.25) is 0 Å². The standard InChI is InChI=1S/C14H17N5O2/c1-15-9-11-14(16-2)18-10(8-17-11)6-7-19-12(20)4-3-5-13(19)21/h8-9H,2-7H2,1H3/b15-9-. The van der Waals surface area contributed by atoms with Gasteiger partial charge in [-0.1, -0.05) is 0 Å². The van der Waals surface area contributed by atoms with Gasteiger partial charge in [0.05, 0.1) is 11.9 Å². The van der Waals surface area contributed by atoms with E-state index in [4.69, 9.17) is 0 Å². The SMILES string of the molecule is C=Nc1nc(CCN2C(=O)CCCC2=O)cnc1/C=N\C. The number of nitrogens with zero attached hydrogens (tertiary/aromatic N) is 5. The lowest BCUT2D eigenvalue weighted by atomic mass is 10.1. The van der Waals surface area contributed by atoms with Gasteiger partial charge in [-0.3, -0.25) is 19.5 Å². The summed E-state index contributed by atoms with van der Waals surface area (Å²) in [4.78, 5) is 40.9. The van der Waals surface area contributed by atoms with E-state index in [0.29, 0.717) is 49.4 Å². The summed E-state index contributed by atoms with van der Waals surface area (Å²) in [5.74, 6) is 0.168. The van der Waals surface area contributed by atoms with Crippen LogP contribution in [0, 0.1) is 0 Å². The first-order valence-electron chi connectivity index (χ1n) is 6.73. The van der Waals surface area contributed by atoms with Crippen LogP contribution in [0.5, 0.6) is 0 Å². The highest BCUT2D eigenvalue weighted by Crippen LogP contribution is 2.15. The number of hydrogen-bond acceptors (Lipinski definition) is 6. The Morgan fingerprint density at radius 3 is 2.71 bits per heavy atom. The molecule has 1 fully saturated rings. The van der Waals surface area contributed by atoms with Crippen molar-refractivity contribution in [2.75, 3.05) is 13.6 Å². The molecule has 0 N–H and O–H groups in total. The van der Waals surface area contributed by atoms with Crippen molar-refractivity contribution >= 4 is 30.6 Å². The molecule has 0 atom stereocenters. The minimum absolute atomic E-state index is 0.115. The molecule has 1 aliphatic heterocycles. The smallest absolute Gasteiger partial charge is 0.229 e. The zero-order valence-electron chi connectivity index (χ0n) is 11.9. The molecule has 110 valence electrons. The van der Waals surface area contributed by atoms with Gasteiger partial charge in [-0.25, -0.2) is 15.0 Å². The van der Waals surface area contributed by atoms with Gasteiger partial charge >= 0.3 is 0 Å². The van der Waals surface area contributed by atoms with Crippen LogP contribution in [-0.4, -0.2) is 53.2 Å². The second-order valence-corrected chi connectivity index (χ2v) is 4.66. The lowest BCUT2D eigenvalue weighted by Crippen LogP contribution is -2.41. The first-order valence-corrected chi connectivity index (χ1v) is 6.73. The van der Waals surface area contributed by atoms with Gasteiger partial charge in [0.25, 0.3) is 0 Å². The number of carbonyl (C=O) groups is 2. The highest BCUT2D eigenvalue weighted by Gasteiger charge is 2.25. The molecular weight excluding hydrogens is 270 g/mol. The predicted octanol–water partition coefficient (Wildman–Crippen LogP) is 0.939. The molecule has 21 heavy (non-hydrogen) atoms. The van der Waals surface area contributed by atoms with E-state index in [1.54, 1.807) is 19.5 Å². The van der Waals surface area contributed by atoms with Crippen LogP contribution in [0.1, 0.15) is 30.7 Å². The molecule has 7 heteroatoms. The second-order valence-electron chi connectivity index (χ2n) is 4.66. The highest BCUT2D eigenvalue weighted by atomic mass is 16.2. The summed E-state index contributed by atoms with van der Waals surface area (Å²) in [6.45, 7) is 3.78. The molecule has 2 heterocycles. The summed E-state index contributed by atoms with van der Waals surface area (Å²) in [5, 5.41) is 0. The number of piperidine rings is 1. The van der Waals surface area contributed by atoms with E-state index in [9.17, 15) is 9.59 Å². The third-order valence-electron chi connectivity index (χ3n) is 3.21. The third kappa shape index (κ3) is 3.56. The van der Waals surface area contributed by atoms with Gasteiger partial charge in [-0.2, -0.15) is 0 Å². The van der Waals surface area contributed by atoms with Gasteiger partial charge in [0, 0.05) is 39.1 Å². The number of rotatable bonds is 5. The van der Waals surface area contributed by atoms with Crippen molar-refractivity contribution in [3.63, 3.8) is 0 Å². The Hall–Kier alpha value is -2.44. The maximum Gasteiger partial charge on any atom is 0.229 e. The zero-order valence-corrected chi connectivity index (χ0v) is 11.9. The quantitative estimate of drug-likeness (QED) is 0.595. The molecule has 0 radical (unpaired) electrons. The molecule has 0 bridgehead atoms. The van der Waals surface area contributed by atoms with Gasteiger partial charge in [0.2, 0.25) is 11.8 Å². The van der Waals surface area contributed by atoms with Crippen molar-refractivity contribution in [1.82, 2.24) is 14.9 Å². The van der Waals surface area contributed by atoms with Crippen molar-refractivity contribution in [2.45, 2.75) is 25.7 Å². The molecular formula is C14H17N5O2. The normalized spacial score (nSPS) is 15.8. The van der Waals surface area contributed by atoms with Crippen LogP contribution >= 0.6 is 0 Å². The Balaban J connectivity index is 2.08. The van der Waals surface area contributed by atoms with Crippen molar-refractivity contribution < 1.29 is 9.59 Å². The van der Waals surface area contributed by atoms with Crippen molar-refractivity contribution in [3.05, 3.63) is 17.6 Å². The van der Waals surface area contributed by atoms with Crippen LogP contribution in [0.3, 0.4) is 0 Å². The molecule has 0 spiro atoms. The number of carbonyl (C=O) groups excluding carboxylic acids is 2. The first-order chi connectivity index (χ1) is 10.2. The van der Waals surface area contributed by atoms with Crippen LogP contribution in [0.4, 0.5) is 5.82 Å². The third-order valence-corrected chi connectivity index (χ3v) is 3.21. The summed E-state index contributed by atoms with van der Waals surface area (Å²) >= 11 is 0. The largest absolute Gasteiger partial charge is 0.294 e. The fourth-order valence-electron chi connectivity index (χ4n) is 2.15. The second kappa shape index (κ2) is 6.83. The molecule has 0 saturated carbocycles. The van der Waals surface area contributed by atoms with Gasteiger partial charge in [0.15, 0.2) is 5.82 Å². The van der Waals surface area contributed by atoms with Gasteiger partial charge in [-0.05, 0) is 13.1 Å². The van der Waals surface area contributed by atoms with Crippen molar-refractivity contribution in [3.8, 4) is 0 Å². The van der Waals surface area contributed by atoms with Gasteiger partial charge in [0.1, 0.15) is 5.69 Å². The van der Waals surface area contributed by atoms with E-state index in [2.05, 4.69) is 26.7 Å². The predicted molar refractivity (Wildman–Crippen MR) is 79.0 cm³/mol. The maximum absolute atomic E-state index is 11.7. The molecule has 1 aliphatic rings. The minimum atomic E-state index is -0.115. The molecule has 1 saturated heterocycles. The molecule has 1 aromatic heterocycles. The Morgan fingerprint density at radius 1 is 1.38 bits per heavy atom. The Morgan fingerprint density at radius 2 is 2.10 bits per heavy atom. The van der Waals surface area contributed by atoms with E-state index >= 15 is 0 Å². The average Bonchev–Trinajstić information content (AvgIpc) is 2.48. The number of aliphatic imine (C=N–C) groups is 2. The van der Waals surface area contributed by atoms with Crippen molar-refractivity contribution in [1.29, 1.82) is 0 Å². The van der Waals surface area contributed by atoms with E-state index in [1.165, 1.54) is 4.90 Å². The van der Waals surface area contributed by atoms with E-state index < -0.39 is 0 Å². The Labute approximate surface area is 122 Å². The first kappa shape index (κ1) is 15.0. The fourth-order valence-corrected chi connectivity index (χ4v) is 2.15. The number of imide groups is 1. The number of amides is 2. The van der Waals surface area contributed by atoms with Crippen LogP contribution in [0.25, 0.3) is 0 Å². The molecule has 2 rings (SSSR count). The fraction of sp³-hybridized carbons (Fsp3) is 0.429. The zero-order chi connectivity index (χ0) is 15.2. The topological polar surface area (TPSA) is 87.9 Å². The number of likely N-dealkylation sites (tertiary alicyclic amines) is 1. The van der Waals surface area contributed by atoms with Crippen molar-refractivity contribution in [2.24, 2.45) is 9.98 Å². The Kier molecular flexibility index (Phi) is 4.86. The van der Waals surface area contributed by atoms with Crippen LogP contribution < -0.4 is 0 Å². The summed E-state index contributed by atoms with van der Waals surface area (Å²) in [7, 11) is 1.63. The molecule has 0 aromatic carbocycles. The van der Waals surface area contributed by atoms with E-state index in [-0.39, 0.29) is 11.8 Å². The molecule has 0 aliphatic carbocycles. The summed E-state index contributed by atoms with van der Waals surface area (Å²) < 4.78 is 0. The van der Waals surface area contributed by atoms with Gasteiger partial charge in [-0.15, -0.1) is 0 Å². The summed E-state index contributed by atoms with van der Waals surface area (Å²) in [6, 6.07) is 0. The minimum Gasteiger partial charge on any atom is -0.294 e. The van der Waals surface area contributed by atoms with Crippen LogP contribution in [-0.2, 0) is 16.0 Å². The molecule has 1 aromatic rings. The lowest BCUT2D eigenvalue weighted by Gasteiger charge is -2.24. The molecule has 0 unspecified atom stereocenters. The van der Waals surface area contributed by atoms with E-state index in [0.717, 1.165) is 0 Å². The van der Waals surface area contributed by atoms with Gasteiger partial charge < -0.3 is 0 Å². The Bertz CT molecular complexity index is 581. The summed E-state index contributed by atoms with van der Waals surface area (Å²) in [6.07, 6.45) is 5.12. The lowest BCUT2D eigenvalue weighted by molar-refractivity contribution is -0.147. The number of aromatic nitrogens is 2.